The molecule has 1 rings (SSSR count). The molecule has 21 heavy (non-hydrogen) atoms. The Hall–Kier alpha value is -0.570. The van der Waals surface area contributed by atoms with E-state index in [1.54, 1.807) is 0 Å². The van der Waals surface area contributed by atoms with E-state index in [1.807, 2.05) is 0 Å². The van der Waals surface area contributed by atoms with Crippen LogP contribution < -0.4 is 5.32 Å². The fourth-order valence-electron chi connectivity index (χ4n) is 3.10. The minimum atomic E-state index is 0.354. The summed E-state index contributed by atoms with van der Waals surface area (Å²) in [6.45, 7) is 8.37. The number of unbranched alkanes of at least 4 members (excludes halogenated alkanes) is 8. The maximum Gasteiger partial charge on any atom is 0.222 e. The zero-order valence-electron chi connectivity index (χ0n) is 14.5. The van der Waals surface area contributed by atoms with E-state index in [0.717, 1.165) is 25.9 Å². The molecule has 3 heteroatoms. The highest BCUT2D eigenvalue weighted by molar-refractivity contribution is 5.76. The van der Waals surface area contributed by atoms with Gasteiger partial charge in [-0.1, -0.05) is 58.3 Å². The summed E-state index contributed by atoms with van der Waals surface area (Å²) >= 11 is 0. The van der Waals surface area contributed by atoms with Crippen molar-refractivity contribution in [3.63, 3.8) is 0 Å². The third kappa shape index (κ3) is 7.85. The van der Waals surface area contributed by atoms with Gasteiger partial charge >= 0.3 is 0 Å². The van der Waals surface area contributed by atoms with Gasteiger partial charge in [0.2, 0.25) is 5.91 Å². The van der Waals surface area contributed by atoms with E-state index in [1.165, 1.54) is 51.4 Å². The molecule has 0 spiro atoms. The zero-order valence-corrected chi connectivity index (χ0v) is 14.5. The van der Waals surface area contributed by atoms with Gasteiger partial charge < -0.3 is 10.2 Å². The van der Waals surface area contributed by atoms with Crippen LogP contribution in [-0.4, -0.2) is 36.0 Å². The number of hydrogen-bond acceptors (Lipinski definition) is 2. The molecule has 0 aromatic carbocycles. The van der Waals surface area contributed by atoms with Crippen molar-refractivity contribution in [2.75, 3.05) is 13.1 Å². The molecule has 0 aliphatic carbocycles. The molecule has 0 aromatic rings. The predicted octanol–water partition coefficient (Wildman–Crippen LogP) is 4.12. The highest BCUT2D eigenvalue weighted by atomic mass is 16.2. The average Bonchev–Trinajstić information content (AvgIpc) is 2.48. The van der Waals surface area contributed by atoms with Crippen molar-refractivity contribution in [1.29, 1.82) is 0 Å². The minimum absolute atomic E-state index is 0.354. The van der Waals surface area contributed by atoms with E-state index in [2.05, 4.69) is 31.0 Å². The Kier molecular flexibility index (Phi) is 9.73. The SMILES string of the molecule is CCCCCCCCCCCC(=O)N1CC(C)NCC1C. The summed E-state index contributed by atoms with van der Waals surface area (Å²) in [7, 11) is 0. The molecule has 3 nitrogen and oxygen atoms in total. The minimum Gasteiger partial charge on any atom is -0.337 e. The normalized spacial score (nSPS) is 22.5. The molecular weight excluding hydrogens is 260 g/mol. The van der Waals surface area contributed by atoms with E-state index in [-0.39, 0.29) is 0 Å². The van der Waals surface area contributed by atoms with Crippen molar-refractivity contribution >= 4 is 5.91 Å². The number of amides is 1. The number of carbonyl (C=O) groups is 1. The first-order chi connectivity index (χ1) is 10.1. The number of rotatable bonds is 10. The molecule has 1 aliphatic heterocycles. The van der Waals surface area contributed by atoms with Gasteiger partial charge in [-0.3, -0.25) is 4.79 Å². The van der Waals surface area contributed by atoms with E-state index in [9.17, 15) is 4.79 Å². The molecule has 1 saturated heterocycles. The third-order valence-corrected chi connectivity index (χ3v) is 4.58. The molecule has 0 radical (unpaired) electrons. The fourth-order valence-corrected chi connectivity index (χ4v) is 3.10. The predicted molar refractivity (Wildman–Crippen MR) is 90.5 cm³/mol. The number of nitrogens with one attached hydrogen (secondary N) is 1. The number of hydrogen-bond donors (Lipinski definition) is 1. The van der Waals surface area contributed by atoms with Crippen LogP contribution in [-0.2, 0) is 4.79 Å². The van der Waals surface area contributed by atoms with Crippen LogP contribution in [0.1, 0.15) is 85.0 Å². The summed E-state index contributed by atoms with van der Waals surface area (Å²) in [6.07, 6.45) is 12.5. The molecule has 0 bridgehead atoms. The molecule has 1 fully saturated rings. The Bertz CT molecular complexity index is 280. The lowest BCUT2D eigenvalue weighted by molar-refractivity contribution is -0.134. The molecule has 2 atom stereocenters. The number of carbonyl (C=O) groups excluding carboxylic acids is 1. The smallest absolute Gasteiger partial charge is 0.222 e. The van der Waals surface area contributed by atoms with Crippen LogP contribution in [0.3, 0.4) is 0 Å². The first kappa shape index (κ1) is 18.5. The summed E-state index contributed by atoms with van der Waals surface area (Å²) in [5, 5.41) is 3.43. The molecule has 0 aromatic heterocycles. The fraction of sp³-hybridized carbons (Fsp3) is 0.944. The van der Waals surface area contributed by atoms with Gasteiger partial charge in [-0.05, 0) is 20.3 Å². The second-order valence-corrected chi connectivity index (χ2v) is 6.78. The lowest BCUT2D eigenvalue weighted by Crippen LogP contribution is -2.56. The molecular formula is C18H36N2O. The van der Waals surface area contributed by atoms with Crippen molar-refractivity contribution in [1.82, 2.24) is 10.2 Å². The van der Waals surface area contributed by atoms with Crippen molar-refractivity contribution < 1.29 is 4.79 Å². The van der Waals surface area contributed by atoms with Crippen molar-refractivity contribution in [2.45, 2.75) is 97.1 Å². The van der Waals surface area contributed by atoms with Crippen LogP contribution in [0.25, 0.3) is 0 Å². The van der Waals surface area contributed by atoms with Crippen molar-refractivity contribution in [3.05, 3.63) is 0 Å². The first-order valence-corrected chi connectivity index (χ1v) is 9.18. The van der Waals surface area contributed by atoms with Crippen LogP contribution in [0.5, 0.6) is 0 Å². The van der Waals surface area contributed by atoms with Crippen LogP contribution in [0, 0.1) is 0 Å². The summed E-state index contributed by atoms with van der Waals surface area (Å²) in [6, 6.07) is 0.792. The zero-order chi connectivity index (χ0) is 15.5. The van der Waals surface area contributed by atoms with Crippen LogP contribution in [0.15, 0.2) is 0 Å². The molecule has 1 amide bonds. The lowest BCUT2D eigenvalue weighted by atomic mass is 10.1. The second kappa shape index (κ2) is 11.1. The summed E-state index contributed by atoms with van der Waals surface area (Å²) < 4.78 is 0. The topological polar surface area (TPSA) is 32.3 Å². The Morgan fingerprint density at radius 2 is 1.57 bits per heavy atom. The van der Waals surface area contributed by atoms with Crippen LogP contribution >= 0.6 is 0 Å². The Labute approximate surface area is 131 Å². The Morgan fingerprint density at radius 3 is 2.19 bits per heavy atom. The third-order valence-electron chi connectivity index (χ3n) is 4.58. The van der Waals surface area contributed by atoms with Gasteiger partial charge in [-0.25, -0.2) is 0 Å². The Morgan fingerprint density at radius 1 is 1.00 bits per heavy atom. The second-order valence-electron chi connectivity index (χ2n) is 6.78. The number of piperazine rings is 1. The van der Waals surface area contributed by atoms with Gasteiger partial charge in [0.15, 0.2) is 0 Å². The number of nitrogens with zero attached hydrogens (tertiary/aromatic N) is 1. The quantitative estimate of drug-likeness (QED) is 0.615. The largest absolute Gasteiger partial charge is 0.337 e. The Balaban J connectivity index is 2.00. The lowest BCUT2D eigenvalue weighted by Gasteiger charge is -2.37. The molecule has 2 unspecified atom stereocenters. The van der Waals surface area contributed by atoms with Gasteiger partial charge in [0, 0.05) is 31.6 Å². The molecule has 1 N–H and O–H groups in total. The molecule has 1 heterocycles. The molecule has 1 aliphatic rings. The first-order valence-electron chi connectivity index (χ1n) is 9.18. The van der Waals surface area contributed by atoms with Crippen LogP contribution in [0.4, 0.5) is 0 Å². The van der Waals surface area contributed by atoms with E-state index < -0.39 is 0 Å². The molecule has 0 saturated carbocycles. The molecule has 124 valence electrons. The highest BCUT2D eigenvalue weighted by Gasteiger charge is 2.25. The van der Waals surface area contributed by atoms with E-state index in [0.29, 0.717) is 18.0 Å². The van der Waals surface area contributed by atoms with Gasteiger partial charge in [0.25, 0.3) is 0 Å². The van der Waals surface area contributed by atoms with Gasteiger partial charge in [0.1, 0.15) is 0 Å². The highest BCUT2D eigenvalue weighted by Crippen LogP contribution is 2.13. The van der Waals surface area contributed by atoms with E-state index >= 15 is 0 Å². The maximum atomic E-state index is 12.3. The summed E-state index contributed by atoms with van der Waals surface area (Å²) in [4.78, 5) is 14.3. The van der Waals surface area contributed by atoms with Crippen molar-refractivity contribution in [3.8, 4) is 0 Å². The maximum absolute atomic E-state index is 12.3. The van der Waals surface area contributed by atoms with Gasteiger partial charge in [-0.2, -0.15) is 0 Å². The van der Waals surface area contributed by atoms with Crippen LogP contribution in [0.2, 0.25) is 0 Å². The summed E-state index contributed by atoms with van der Waals surface area (Å²) in [5.74, 6) is 0.360. The van der Waals surface area contributed by atoms with Gasteiger partial charge in [-0.15, -0.1) is 0 Å². The standard InChI is InChI=1S/C18H36N2O/c1-4-5-6-7-8-9-10-11-12-13-18(21)20-15-16(2)19-14-17(20)3/h16-17,19H,4-15H2,1-3H3. The van der Waals surface area contributed by atoms with Gasteiger partial charge in [0.05, 0.1) is 0 Å². The van der Waals surface area contributed by atoms with E-state index in [4.69, 9.17) is 0 Å². The van der Waals surface area contributed by atoms with Crippen molar-refractivity contribution in [2.24, 2.45) is 0 Å². The summed E-state index contributed by atoms with van der Waals surface area (Å²) in [5.41, 5.74) is 0. The average molecular weight is 296 g/mol. The monoisotopic (exact) mass is 296 g/mol.